The van der Waals surface area contributed by atoms with Gasteiger partial charge in [0, 0.05) is 24.6 Å². The first-order chi connectivity index (χ1) is 9.72. The quantitative estimate of drug-likeness (QED) is 0.591. The van der Waals surface area contributed by atoms with E-state index in [0.717, 1.165) is 48.5 Å². The van der Waals surface area contributed by atoms with Crippen LogP contribution in [0.4, 0.5) is 11.6 Å². The van der Waals surface area contributed by atoms with E-state index in [0.29, 0.717) is 5.92 Å². The van der Waals surface area contributed by atoms with E-state index in [2.05, 4.69) is 29.2 Å². The fourth-order valence-corrected chi connectivity index (χ4v) is 2.66. The Morgan fingerprint density at radius 1 is 1.25 bits per heavy atom. The van der Waals surface area contributed by atoms with Gasteiger partial charge in [-0.25, -0.2) is 15.8 Å². The van der Waals surface area contributed by atoms with Gasteiger partial charge in [-0.15, -0.1) is 0 Å². The van der Waals surface area contributed by atoms with Crippen LogP contribution in [0.1, 0.15) is 56.3 Å². The maximum atomic E-state index is 5.64. The lowest BCUT2D eigenvalue weighted by Crippen LogP contribution is -2.29. The predicted octanol–water partition coefficient (Wildman–Crippen LogP) is 2.57. The van der Waals surface area contributed by atoms with Gasteiger partial charge in [-0.2, -0.15) is 0 Å². The van der Waals surface area contributed by atoms with Crippen LogP contribution >= 0.6 is 0 Å². The molecule has 5 nitrogen and oxygen atoms in total. The number of anilines is 2. The van der Waals surface area contributed by atoms with Gasteiger partial charge in [-0.3, -0.25) is 0 Å². The van der Waals surface area contributed by atoms with E-state index in [4.69, 9.17) is 10.8 Å². The van der Waals surface area contributed by atoms with Crippen molar-refractivity contribution in [1.82, 2.24) is 9.97 Å². The minimum absolute atomic E-state index is 0.547. The average molecular weight is 275 g/mol. The number of rotatable bonds is 7. The Morgan fingerprint density at radius 3 is 2.55 bits per heavy atom. The van der Waals surface area contributed by atoms with Crippen LogP contribution in [0.2, 0.25) is 0 Å². The Hall–Kier alpha value is -1.36. The van der Waals surface area contributed by atoms with Crippen molar-refractivity contribution < 1.29 is 0 Å². The van der Waals surface area contributed by atoms with Crippen LogP contribution in [0.25, 0.3) is 0 Å². The number of hydrogen-bond donors (Lipinski definition) is 2. The number of nitrogen functional groups attached to an aromatic ring is 1. The van der Waals surface area contributed by atoms with E-state index in [9.17, 15) is 0 Å². The van der Waals surface area contributed by atoms with E-state index < -0.39 is 0 Å². The van der Waals surface area contributed by atoms with Gasteiger partial charge in [0.25, 0.3) is 0 Å². The van der Waals surface area contributed by atoms with Crippen molar-refractivity contribution >= 4 is 11.6 Å². The van der Waals surface area contributed by atoms with Gasteiger partial charge >= 0.3 is 0 Å². The number of hydrazine groups is 1. The maximum Gasteiger partial charge on any atom is 0.148 e. The van der Waals surface area contributed by atoms with Crippen LogP contribution in [0.3, 0.4) is 0 Å². The van der Waals surface area contributed by atoms with Crippen molar-refractivity contribution in [3.05, 3.63) is 11.4 Å². The molecule has 0 radical (unpaired) electrons. The topological polar surface area (TPSA) is 67.1 Å². The minimum Gasteiger partial charge on any atom is -0.356 e. The van der Waals surface area contributed by atoms with Crippen molar-refractivity contribution in [3.63, 3.8) is 0 Å². The Labute approximate surface area is 120 Å². The molecule has 0 aromatic carbocycles. The third-order valence-corrected chi connectivity index (χ3v) is 4.19. The van der Waals surface area contributed by atoms with Crippen molar-refractivity contribution in [1.29, 1.82) is 0 Å². The molecule has 0 atom stereocenters. The largest absolute Gasteiger partial charge is 0.356 e. The lowest BCUT2D eigenvalue weighted by molar-refractivity contribution is 0.691. The second kappa shape index (κ2) is 5.56. The number of nitrogens with two attached hydrogens (primary N) is 1. The molecule has 2 fully saturated rings. The highest BCUT2D eigenvalue weighted by Crippen LogP contribution is 2.40. The Kier molecular flexibility index (Phi) is 3.78. The van der Waals surface area contributed by atoms with Crippen molar-refractivity contribution in [2.45, 2.75) is 51.9 Å². The highest BCUT2D eigenvalue weighted by atomic mass is 15.3. The molecular weight excluding hydrogens is 250 g/mol. The molecular formula is C15H25N5. The summed E-state index contributed by atoms with van der Waals surface area (Å²) in [5.74, 6) is 9.88. The molecule has 20 heavy (non-hydrogen) atoms. The highest BCUT2D eigenvalue weighted by Gasteiger charge is 2.30. The van der Waals surface area contributed by atoms with Gasteiger partial charge in [0.05, 0.1) is 0 Å². The average Bonchev–Trinajstić information content (AvgIpc) is 3.31. The molecule has 0 amide bonds. The van der Waals surface area contributed by atoms with E-state index in [-0.39, 0.29) is 0 Å². The molecule has 3 N–H and O–H groups in total. The molecule has 0 bridgehead atoms. The summed E-state index contributed by atoms with van der Waals surface area (Å²) in [4.78, 5) is 11.9. The molecule has 5 heteroatoms. The van der Waals surface area contributed by atoms with Gasteiger partial charge < -0.3 is 10.3 Å². The van der Waals surface area contributed by atoms with Crippen LogP contribution < -0.4 is 16.2 Å². The first kappa shape index (κ1) is 13.6. The van der Waals surface area contributed by atoms with E-state index in [1.807, 2.05) is 0 Å². The molecule has 1 aromatic rings. The Balaban J connectivity index is 1.92. The standard InChI is InChI=1S/C15H25N5/c1-3-8-20(9-11-4-5-11)15-10(2)13(19-16)17-14(18-15)12-6-7-12/h11-12H,3-9,16H2,1-2H3,(H,17,18,19). The molecule has 2 aliphatic carbocycles. The predicted molar refractivity (Wildman–Crippen MR) is 81.8 cm³/mol. The normalized spacial score (nSPS) is 18.1. The van der Waals surface area contributed by atoms with Crippen LogP contribution in [-0.4, -0.2) is 23.1 Å². The summed E-state index contributed by atoms with van der Waals surface area (Å²) in [6.45, 7) is 6.47. The first-order valence-corrected chi connectivity index (χ1v) is 7.83. The molecule has 0 spiro atoms. The lowest BCUT2D eigenvalue weighted by Gasteiger charge is -2.26. The minimum atomic E-state index is 0.547. The fourth-order valence-electron chi connectivity index (χ4n) is 2.66. The smallest absolute Gasteiger partial charge is 0.148 e. The van der Waals surface area contributed by atoms with Crippen LogP contribution in [-0.2, 0) is 0 Å². The molecule has 0 saturated heterocycles. The van der Waals surface area contributed by atoms with Crippen molar-refractivity contribution in [2.75, 3.05) is 23.4 Å². The number of aromatic nitrogens is 2. The highest BCUT2D eigenvalue weighted by molar-refractivity contribution is 5.58. The van der Waals surface area contributed by atoms with Crippen molar-refractivity contribution in [3.8, 4) is 0 Å². The van der Waals surface area contributed by atoms with E-state index in [1.165, 1.54) is 25.7 Å². The lowest BCUT2D eigenvalue weighted by atomic mass is 10.2. The molecule has 0 aliphatic heterocycles. The first-order valence-electron chi connectivity index (χ1n) is 7.83. The zero-order valence-corrected chi connectivity index (χ0v) is 12.5. The van der Waals surface area contributed by atoms with E-state index in [1.54, 1.807) is 0 Å². The third kappa shape index (κ3) is 2.87. The van der Waals surface area contributed by atoms with Gasteiger partial charge in [0.15, 0.2) is 0 Å². The summed E-state index contributed by atoms with van der Waals surface area (Å²) in [7, 11) is 0. The summed E-state index contributed by atoms with van der Waals surface area (Å²) in [5.41, 5.74) is 3.82. The Bertz CT molecular complexity index is 479. The summed E-state index contributed by atoms with van der Waals surface area (Å²) in [6.07, 6.45) is 6.29. The Morgan fingerprint density at radius 2 is 2.00 bits per heavy atom. The van der Waals surface area contributed by atoms with Gasteiger partial charge in [-0.05, 0) is 44.9 Å². The zero-order chi connectivity index (χ0) is 14.1. The zero-order valence-electron chi connectivity index (χ0n) is 12.5. The SMILES string of the molecule is CCCN(CC1CC1)c1nc(C2CC2)nc(NN)c1C. The number of hydrogen-bond acceptors (Lipinski definition) is 5. The fraction of sp³-hybridized carbons (Fsp3) is 0.733. The molecule has 0 unspecified atom stereocenters. The van der Waals surface area contributed by atoms with Crippen LogP contribution in [0.5, 0.6) is 0 Å². The van der Waals surface area contributed by atoms with Crippen LogP contribution in [0.15, 0.2) is 0 Å². The number of nitrogens with one attached hydrogen (secondary N) is 1. The monoisotopic (exact) mass is 275 g/mol. The summed E-state index contributed by atoms with van der Waals surface area (Å²) < 4.78 is 0. The summed E-state index contributed by atoms with van der Waals surface area (Å²) in [5, 5.41) is 0. The molecule has 1 aromatic heterocycles. The van der Waals surface area contributed by atoms with E-state index >= 15 is 0 Å². The van der Waals surface area contributed by atoms with Gasteiger partial charge in [-0.1, -0.05) is 6.92 Å². The third-order valence-electron chi connectivity index (χ3n) is 4.19. The maximum absolute atomic E-state index is 5.64. The molecule has 110 valence electrons. The number of nitrogens with zero attached hydrogens (tertiary/aromatic N) is 3. The molecule has 3 rings (SSSR count). The molecule has 1 heterocycles. The van der Waals surface area contributed by atoms with Crippen molar-refractivity contribution in [2.24, 2.45) is 11.8 Å². The summed E-state index contributed by atoms with van der Waals surface area (Å²) >= 11 is 0. The van der Waals surface area contributed by atoms with Gasteiger partial charge in [0.2, 0.25) is 0 Å². The molecule has 2 aliphatic rings. The van der Waals surface area contributed by atoms with Crippen LogP contribution in [0, 0.1) is 12.8 Å². The van der Waals surface area contributed by atoms with Gasteiger partial charge in [0.1, 0.15) is 17.5 Å². The second-order valence-electron chi connectivity index (χ2n) is 6.19. The summed E-state index contributed by atoms with van der Waals surface area (Å²) in [6, 6.07) is 0. The second-order valence-corrected chi connectivity index (χ2v) is 6.19. The molecule has 2 saturated carbocycles.